The van der Waals surface area contributed by atoms with E-state index in [2.05, 4.69) is 16.4 Å². The van der Waals surface area contributed by atoms with Crippen molar-refractivity contribution in [2.45, 2.75) is 19.3 Å². The van der Waals surface area contributed by atoms with Gasteiger partial charge < -0.3 is 15.0 Å². The van der Waals surface area contributed by atoms with Crippen LogP contribution in [0.15, 0.2) is 42.6 Å². The van der Waals surface area contributed by atoms with Crippen LogP contribution in [0.3, 0.4) is 0 Å². The van der Waals surface area contributed by atoms with Gasteiger partial charge in [-0.1, -0.05) is 18.2 Å². The van der Waals surface area contributed by atoms with Crippen LogP contribution in [0.1, 0.15) is 28.9 Å². The average Bonchev–Trinajstić information content (AvgIpc) is 2.64. The number of carbonyl (C=O) groups excluding carboxylic acids is 1. The fourth-order valence-corrected chi connectivity index (χ4v) is 2.99. The van der Waals surface area contributed by atoms with Gasteiger partial charge in [0.05, 0.1) is 0 Å². The van der Waals surface area contributed by atoms with Crippen LogP contribution < -0.4 is 10.2 Å². The number of para-hydroxylation sites is 1. The van der Waals surface area contributed by atoms with Gasteiger partial charge in [-0.05, 0) is 43.0 Å². The van der Waals surface area contributed by atoms with Crippen molar-refractivity contribution in [3.63, 3.8) is 0 Å². The van der Waals surface area contributed by atoms with E-state index in [1.165, 1.54) is 5.56 Å². The molecular formula is C19H23N3O2. The van der Waals surface area contributed by atoms with Gasteiger partial charge in [0, 0.05) is 44.4 Å². The Hall–Kier alpha value is -2.40. The second-order valence-corrected chi connectivity index (χ2v) is 5.89. The molecule has 0 radical (unpaired) electrons. The zero-order chi connectivity index (χ0) is 16.8. The third-order valence-electron chi connectivity index (χ3n) is 4.19. The first-order valence-electron chi connectivity index (χ1n) is 8.38. The van der Waals surface area contributed by atoms with E-state index >= 15 is 0 Å². The fraction of sp³-hybridized carbons (Fsp3) is 0.368. The molecule has 1 aliphatic heterocycles. The summed E-state index contributed by atoms with van der Waals surface area (Å²) in [7, 11) is 1.69. The number of anilines is 2. The molecule has 1 aliphatic rings. The number of ether oxygens (including phenoxy) is 1. The largest absolute Gasteiger partial charge is 0.385 e. The molecule has 5 heteroatoms. The molecule has 2 heterocycles. The third kappa shape index (κ3) is 3.74. The molecule has 0 saturated heterocycles. The quantitative estimate of drug-likeness (QED) is 0.829. The van der Waals surface area contributed by atoms with Gasteiger partial charge in [-0.2, -0.15) is 0 Å². The lowest BCUT2D eigenvalue weighted by Gasteiger charge is -2.29. The van der Waals surface area contributed by atoms with E-state index in [0.717, 1.165) is 43.7 Å². The fourth-order valence-electron chi connectivity index (χ4n) is 2.99. The van der Waals surface area contributed by atoms with Crippen molar-refractivity contribution in [1.82, 2.24) is 4.98 Å². The van der Waals surface area contributed by atoms with E-state index in [0.29, 0.717) is 12.3 Å². The second-order valence-electron chi connectivity index (χ2n) is 5.89. The van der Waals surface area contributed by atoms with Crippen molar-refractivity contribution in [3.8, 4) is 0 Å². The Morgan fingerprint density at radius 2 is 2.21 bits per heavy atom. The third-order valence-corrected chi connectivity index (χ3v) is 4.19. The number of amides is 1. The van der Waals surface area contributed by atoms with E-state index < -0.39 is 0 Å². The monoisotopic (exact) mass is 325 g/mol. The molecule has 0 bridgehead atoms. The van der Waals surface area contributed by atoms with Crippen molar-refractivity contribution in [2.75, 3.05) is 37.0 Å². The number of methoxy groups -OCH3 is 1. The van der Waals surface area contributed by atoms with Crippen molar-refractivity contribution < 1.29 is 9.53 Å². The van der Waals surface area contributed by atoms with Gasteiger partial charge >= 0.3 is 0 Å². The first-order valence-corrected chi connectivity index (χ1v) is 8.38. The molecule has 0 aliphatic carbocycles. The molecule has 0 fully saturated rings. The van der Waals surface area contributed by atoms with Crippen molar-refractivity contribution in [2.24, 2.45) is 0 Å². The van der Waals surface area contributed by atoms with Crippen molar-refractivity contribution >= 4 is 17.3 Å². The van der Waals surface area contributed by atoms with Crippen LogP contribution >= 0.6 is 0 Å². The Kier molecular flexibility index (Phi) is 5.43. The molecule has 3 rings (SSSR count). The summed E-state index contributed by atoms with van der Waals surface area (Å²) in [6.45, 7) is 2.26. The van der Waals surface area contributed by atoms with Crippen LogP contribution in [0.5, 0.6) is 0 Å². The number of nitrogens with zero attached hydrogens (tertiary/aromatic N) is 2. The molecule has 5 nitrogen and oxygen atoms in total. The number of hydrogen-bond donors (Lipinski definition) is 1. The topological polar surface area (TPSA) is 54.5 Å². The van der Waals surface area contributed by atoms with Crippen LogP contribution in [0, 0.1) is 0 Å². The van der Waals surface area contributed by atoms with Crippen LogP contribution in [0.25, 0.3) is 0 Å². The smallest absolute Gasteiger partial charge is 0.276 e. The molecule has 1 amide bonds. The Morgan fingerprint density at radius 3 is 3.08 bits per heavy atom. The molecule has 24 heavy (non-hydrogen) atoms. The Morgan fingerprint density at radius 1 is 1.33 bits per heavy atom. The number of pyridine rings is 1. The number of benzene rings is 1. The number of nitrogens with one attached hydrogen (secondary N) is 1. The number of carbonyl (C=O) groups is 1. The summed E-state index contributed by atoms with van der Waals surface area (Å²) in [4.78, 5) is 19.0. The molecular weight excluding hydrogens is 302 g/mol. The normalized spacial score (nSPS) is 13.5. The highest BCUT2D eigenvalue weighted by molar-refractivity contribution is 6.05. The first kappa shape index (κ1) is 16.5. The average molecular weight is 325 g/mol. The lowest BCUT2D eigenvalue weighted by molar-refractivity contribution is 0.0980. The molecule has 0 saturated carbocycles. The number of aromatic nitrogens is 1. The Balaban J connectivity index is 1.74. The standard InChI is InChI=1S/C19H23N3O2/c1-24-13-5-10-20-16-9-11-21-17(14-16)19(23)22-12-4-7-15-6-2-3-8-18(15)22/h2-3,6,8-9,11,14H,4-5,7,10,12-13H2,1H3,(H,20,21). The van der Waals surface area contributed by atoms with Gasteiger partial charge in [0.2, 0.25) is 0 Å². The van der Waals surface area contributed by atoms with E-state index in [1.54, 1.807) is 13.3 Å². The van der Waals surface area contributed by atoms with Gasteiger partial charge in [-0.15, -0.1) is 0 Å². The predicted molar refractivity (Wildman–Crippen MR) is 95.7 cm³/mol. The van der Waals surface area contributed by atoms with E-state index in [1.807, 2.05) is 35.2 Å². The van der Waals surface area contributed by atoms with Crippen LogP contribution in [-0.4, -0.2) is 37.7 Å². The Bertz CT molecular complexity index is 703. The second kappa shape index (κ2) is 7.93. The van der Waals surface area contributed by atoms with Crippen molar-refractivity contribution in [1.29, 1.82) is 0 Å². The van der Waals surface area contributed by atoms with E-state index in [4.69, 9.17) is 4.74 Å². The van der Waals surface area contributed by atoms with E-state index in [9.17, 15) is 4.79 Å². The van der Waals surface area contributed by atoms with Crippen LogP contribution in [-0.2, 0) is 11.2 Å². The summed E-state index contributed by atoms with van der Waals surface area (Å²) in [5.41, 5.74) is 3.62. The van der Waals surface area contributed by atoms with Gasteiger partial charge in [0.25, 0.3) is 5.91 Å². The lowest BCUT2D eigenvalue weighted by atomic mass is 10.0. The number of fused-ring (bicyclic) bond motifs is 1. The molecule has 0 atom stereocenters. The number of rotatable bonds is 6. The lowest BCUT2D eigenvalue weighted by Crippen LogP contribution is -2.35. The minimum atomic E-state index is -0.0392. The predicted octanol–water partition coefficient (Wildman–Crippen LogP) is 3.12. The summed E-state index contributed by atoms with van der Waals surface area (Å²) in [5, 5.41) is 3.31. The molecule has 1 aromatic heterocycles. The zero-order valence-corrected chi connectivity index (χ0v) is 14.0. The summed E-state index contributed by atoms with van der Waals surface area (Å²) in [5.74, 6) is -0.0392. The maximum Gasteiger partial charge on any atom is 0.276 e. The van der Waals surface area contributed by atoms with Crippen molar-refractivity contribution in [3.05, 3.63) is 53.9 Å². The van der Waals surface area contributed by atoms with E-state index in [-0.39, 0.29) is 5.91 Å². The van der Waals surface area contributed by atoms with Gasteiger partial charge in [0.15, 0.2) is 0 Å². The summed E-state index contributed by atoms with van der Waals surface area (Å²) in [6.07, 6.45) is 4.61. The highest BCUT2D eigenvalue weighted by atomic mass is 16.5. The van der Waals surface area contributed by atoms with Gasteiger partial charge in [0.1, 0.15) is 5.69 Å². The van der Waals surface area contributed by atoms with Crippen LogP contribution in [0.2, 0.25) is 0 Å². The molecule has 126 valence electrons. The zero-order valence-electron chi connectivity index (χ0n) is 14.0. The molecule has 1 N–H and O–H groups in total. The number of hydrogen-bond acceptors (Lipinski definition) is 4. The van der Waals surface area contributed by atoms with Gasteiger partial charge in [-0.25, -0.2) is 0 Å². The molecule has 0 spiro atoms. The summed E-state index contributed by atoms with van der Waals surface area (Å²) >= 11 is 0. The maximum absolute atomic E-state index is 12.9. The molecule has 2 aromatic rings. The highest BCUT2D eigenvalue weighted by Gasteiger charge is 2.24. The molecule has 1 aromatic carbocycles. The Labute approximate surface area is 142 Å². The highest BCUT2D eigenvalue weighted by Crippen LogP contribution is 2.28. The minimum absolute atomic E-state index is 0.0392. The molecule has 0 unspecified atom stereocenters. The maximum atomic E-state index is 12.9. The summed E-state index contributed by atoms with van der Waals surface area (Å²) in [6, 6.07) is 11.8. The van der Waals surface area contributed by atoms with Gasteiger partial charge in [-0.3, -0.25) is 9.78 Å². The van der Waals surface area contributed by atoms with Crippen LogP contribution in [0.4, 0.5) is 11.4 Å². The first-order chi connectivity index (χ1) is 11.8. The minimum Gasteiger partial charge on any atom is -0.385 e. The SMILES string of the molecule is COCCCNc1ccnc(C(=O)N2CCCc3ccccc32)c1. The summed E-state index contributed by atoms with van der Waals surface area (Å²) < 4.78 is 5.04. The number of aryl methyl sites for hydroxylation is 1.